The zero-order valence-electron chi connectivity index (χ0n) is 21.4. The van der Waals surface area contributed by atoms with Gasteiger partial charge in [0.1, 0.15) is 11.9 Å². The number of amides is 2. The summed E-state index contributed by atoms with van der Waals surface area (Å²) in [5.41, 5.74) is 7.23. The molecule has 3 N–H and O–H groups in total. The van der Waals surface area contributed by atoms with Gasteiger partial charge < -0.3 is 20.7 Å². The fourth-order valence-corrected chi connectivity index (χ4v) is 5.14. The van der Waals surface area contributed by atoms with Crippen LogP contribution in [0.5, 0.6) is 0 Å². The number of rotatable bonds is 10. The number of benzene rings is 2. The van der Waals surface area contributed by atoms with Crippen molar-refractivity contribution >= 4 is 11.8 Å². The average Bonchev–Trinajstić information content (AvgIpc) is 2.95. The minimum absolute atomic E-state index is 0.132. The van der Waals surface area contributed by atoms with E-state index in [2.05, 4.69) is 27.2 Å². The van der Waals surface area contributed by atoms with E-state index in [9.17, 15) is 14.0 Å². The number of halogens is 1. The quantitative estimate of drug-likeness (QED) is 0.505. The number of hydrogen-bond acceptors (Lipinski definition) is 6. The van der Waals surface area contributed by atoms with Crippen LogP contribution >= 0.6 is 0 Å². The van der Waals surface area contributed by atoms with Gasteiger partial charge >= 0.3 is 0 Å². The highest BCUT2D eigenvalue weighted by Gasteiger charge is 2.38. The van der Waals surface area contributed by atoms with E-state index in [0.29, 0.717) is 31.6 Å². The van der Waals surface area contributed by atoms with Crippen molar-refractivity contribution in [2.24, 2.45) is 5.73 Å². The minimum Gasteiger partial charge on any atom is -0.379 e. The number of nitrogens with two attached hydrogens (primary N) is 1. The number of ether oxygens (including phenoxy) is 1. The van der Waals surface area contributed by atoms with Crippen molar-refractivity contribution in [3.8, 4) is 0 Å². The van der Waals surface area contributed by atoms with Crippen molar-refractivity contribution in [1.82, 2.24) is 20.0 Å². The Labute approximate surface area is 218 Å². The zero-order chi connectivity index (χ0) is 26.0. The number of nitrogens with one attached hydrogen (secondary N) is 1. The second kappa shape index (κ2) is 13.6. The molecule has 37 heavy (non-hydrogen) atoms. The zero-order valence-corrected chi connectivity index (χ0v) is 21.4. The number of morpholine rings is 1. The first kappa shape index (κ1) is 27.2. The van der Waals surface area contributed by atoms with Crippen LogP contribution in [0.2, 0.25) is 0 Å². The lowest BCUT2D eigenvalue weighted by Gasteiger charge is -2.43. The highest BCUT2D eigenvalue weighted by Crippen LogP contribution is 2.26. The Morgan fingerprint density at radius 1 is 1.05 bits per heavy atom. The van der Waals surface area contributed by atoms with E-state index < -0.39 is 11.9 Å². The Bertz CT molecular complexity index is 1000. The first-order chi connectivity index (χ1) is 18.0. The van der Waals surface area contributed by atoms with Gasteiger partial charge in [0.2, 0.25) is 5.91 Å². The Hall–Kier alpha value is -2.85. The molecule has 0 bridgehead atoms. The van der Waals surface area contributed by atoms with Gasteiger partial charge in [-0.15, -0.1) is 0 Å². The number of carbonyl (C=O) groups is 2. The SMILES string of the molecule is NCCNC(=O)[C@H]1CC(N(CCN2CCOCC2)Cc2ccccc2)CCN1C(=O)c1ccc(F)cc1. The van der Waals surface area contributed by atoms with Crippen LogP contribution in [0.3, 0.4) is 0 Å². The van der Waals surface area contributed by atoms with Gasteiger partial charge in [-0.1, -0.05) is 30.3 Å². The van der Waals surface area contributed by atoms with Gasteiger partial charge in [0.25, 0.3) is 5.91 Å². The number of carbonyl (C=O) groups excluding carboxylic acids is 2. The summed E-state index contributed by atoms with van der Waals surface area (Å²) in [5, 5.41) is 2.88. The van der Waals surface area contributed by atoms with Crippen molar-refractivity contribution in [2.75, 3.05) is 59.0 Å². The van der Waals surface area contributed by atoms with Gasteiger partial charge in [0.15, 0.2) is 0 Å². The van der Waals surface area contributed by atoms with Crippen LogP contribution in [0.1, 0.15) is 28.8 Å². The van der Waals surface area contributed by atoms with Crippen molar-refractivity contribution in [2.45, 2.75) is 31.5 Å². The molecule has 2 amide bonds. The second-order valence-electron chi connectivity index (χ2n) is 9.69. The molecule has 8 nitrogen and oxygen atoms in total. The van der Waals surface area contributed by atoms with Crippen molar-refractivity contribution in [3.63, 3.8) is 0 Å². The number of nitrogens with zero attached hydrogens (tertiary/aromatic N) is 3. The number of hydrogen-bond donors (Lipinski definition) is 2. The highest BCUT2D eigenvalue weighted by molar-refractivity contribution is 5.97. The van der Waals surface area contributed by atoms with Crippen molar-refractivity contribution in [3.05, 3.63) is 71.5 Å². The summed E-state index contributed by atoms with van der Waals surface area (Å²) < 4.78 is 18.9. The average molecular weight is 512 g/mol. The van der Waals surface area contributed by atoms with Crippen molar-refractivity contribution < 1.29 is 18.7 Å². The standard InChI is InChI=1S/C28H38FN5O3/c29-24-8-6-23(7-9-24)28(36)34-13-10-25(20-26(34)27(35)31-12-11-30)33(21-22-4-2-1-3-5-22)15-14-32-16-18-37-19-17-32/h1-9,25-26H,10-21,30H2,(H,31,35)/t25?,26-/m1/s1. The third kappa shape index (κ3) is 7.58. The second-order valence-corrected chi connectivity index (χ2v) is 9.69. The Morgan fingerprint density at radius 2 is 1.78 bits per heavy atom. The fraction of sp³-hybridized carbons (Fsp3) is 0.500. The van der Waals surface area contributed by atoms with E-state index in [-0.39, 0.29) is 17.9 Å². The Morgan fingerprint density at radius 3 is 2.49 bits per heavy atom. The molecule has 2 atom stereocenters. The normalized spacial score (nSPS) is 20.7. The first-order valence-electron chi connectivity index (χ1n) is 13.2. The van der Waals surface area contributed by atoms with E-state index in [1.165, 1.54) is 29.8 Å². The fourth-order valence-electron chi connectivity index (χ4n) is 5.14. The number of likely N-dealkylation sites (tertiary alicyclic amines) is 1. The summed E-state index contributed by atoms with van der Waals surface area (Å²) in [6, 6.07) is 15.4. The highest BCUT2D eigenvalue weighted by atomic mass is 19.1. The van der Waals surface area contributed by atoms with E-state index in [1.807, 2.05) is 18.2 Å². The summed E-state index contributed by atoms with van der Waals surface area (Å²) in [7, 11) is 0. The molecule has 2 aliphatic rings. The lowest BCUT2D eigenvalue weighted by atomic mass is 9.93. The maximum atomic E-state index is 13.4. The van der Waals surface area contributed by atoms with E-state index in [0.717, 1.165) is 52.4 Å². The first-order valence-corrected chi connectivity index (χ1v) is 13.2. The monoisotopic (exact) mass is 511 g/mol. The maximum absolute atomic E-state index is 13.4. The van der Waals surface area contributed by atoms with Gasteiger partial charge in [0, 0.05) is 64.0 Å². The van der Waals surface area contributed by atoms with Gasteiger partial charge in [-0.2, -0.15) is 0 Å². The van der Waals surface area contributed by atoms with Crippen molar-refractivity contribution in [1.29, 1.82) is 0 Å². The molecule has 0 aliphatic carbocycles. The third-order valence-electron chi connectivity index (χ3n) is 7.23. The molecule has 0 radical (unpaired) electrons. The molecule has 4 rings (SSSR count). The van der Waals surface area contributed by atoms with Crippen LogP contribution in [0.25, 0.3) is 0 Å². The predicted octanol–water partition coefficient (Wildman–Crippen LogP) is 1.71. The summed E-state index contributed by atoms with van der Waals surface area (Å²) in [6.07, 6.45) is 1.28. The molecule has 2 fully saturated rings. The van der Waals surface area contributed by atoms with Crippen LogP contribution in [0.15, 0.2) is 54.6 Å². The van der Waals surface area contributed by atoms with E-state index >= 15 is 0 Å². The van der Waals surface area contributed by atoms with Gasteiger partial charge in [-0.25, -0.2) is 4.39 Å². The van der Waals surface area contributed by atoms with Crippen LogP contribution in [0, 0.1) is 5.82 Å². The lowest BCUT2D eigenvalue weighted by molar-refractivity contribution is -0.127. The molecular weight excluding hydrogens is 473 g/mol. The molecule has 200 valence electrons. The van der Waals surface area contributed by atoms with E-state index in [1.54, 1.807) is 4.90 Å². The summed E-state index contributed by atoms with van der Waals surface area (Å²) in [6.45, 7) is 7.05. The van der Waals surface area contributed by atoms with Gasteiger partial charge in [0.05, 0.1) is 13.2 Å². The van der Waals surface area contributed by atoms with Crippen LogP contribution in [-0.2, 0) is 16.1 Å². The Balaban J connectivity index is 1.52. The van der Waals surface area contributed by atoms with Crippen LogP contribution < -0.4 is 11.1 Å². The minimum atomic E-state index is -0.621. The van der Waals surface area contributed by atoms with Gasteiger partial charge in [-0.3, -0.25) is 19.4 Å². The summed E-state index contributed by atoms with van der Waals surface area (Å²) in [5.74, 6) is -0.850. The molecule has 2 aromatic rings. The molecule has 0 spiro atoms. The topological polar surface area (TPSA) is 91.1 Å². The molecular formula is C28H38FN5O3. The molecule has 0 aromatic heterocycles. The molecule has 0 saturated carbocycles. The van der Waals surface area contributed by atoms with Crippen LogP contribution in [0.4, 0.5) is 4.39 Å². The molecule has 2 heterocycles. The molecule has 2 aliphatic heterocycles. The molecule has 2 aromatic carbocycles. The molecule has 9 heteroatoms. The maximum Gasteiger partial charge on any atom is 0.254 e. The Kier molecular flexibility index (Phi) is 10.0. The third-order valence-corrected chi connectivity index (χ3v) is 7.23. The predicted molar refractivity (Wildman–Crippen MR) is 140 cm³/mol. The van der Waals surface area contributed by atoms with Crippen LogP contribution in [-0.4, -0.2) is 97.6 Å². The lowest BCUT2D eigenvalue weighted by Crippen LogP contribution is -2.58. The molecule has 1 unspecified atom stereocenters. The summed E-state index contributed by atoms with van der Waals surface area (Å²) in [4.78, 5) is 33.1. The summed E-state index contributed by atoms with van der Waals surface area (Å²) >= 11 is 0. The molecule has 2 saturated heterocycles. The number of piperidine rings is 1. The van der Waals surface area contributed by atoms with Gasteiger partial charge in [-0.05, 0) is 42.7 Å². The smallest absolute Gasteiger partial charge is 0.254 e. The largest absolute Gasteiger partial charge is 0.379 e. The van der Waals surface area contributed by atoms with E-state index in [4.69, 9.17) is 10.5 Å².